The van der Waals surface area contributed by atoms with E-state index in [4.69, 9.17) is 10.5 Å². The summed E-state index contributed by atoms with van der Waals surface area (Å²) < 4.78 is 33.9. The highest BCUT2D eigenvalue weighted by atomic mass is 32.2. The summed E-state index contributed by atoms with van der Waals surface area (Å²) in [5.41, 5.74) is 5.57. The van der Waals surface area contributed by atoms with E-state index in [-0.39, 0.29) is 16.1 Å². The smallest absolute Gasteiger partial charge is 0.262 e. The number of amides is 1. The number of ether oxygens (including phenoxy) is 1. The van der Waals surface area contributed by atoms with E-state index in [1.165, 1.54) is 18.2 Å². The van der Waals surface area contributed by atoms with Crippen LogP contribution in [0.1, 0.15) is 17.3 Å². The number of sulfonamides is 1. The molecule has 0 saturated heterocycles. The molecular formula is C19H18N2O4S. The lowest BCUT2D eigenvalue weighted by molar-refractivity contribution is 0.100. The molecule has 26 heavy (non-hydrogen) atoms. The first kappa shape index (κ1) is 17.8. The van der Waals surface area contributed by atoms with E-state index >= 15 is 0 Å². The number of nitrogens with one attached hydrogen (secondary N) is 1. The van der Waals surface area contributed by atoms with Crippen LogP contribution < -0.4 is 15.2 Å². The van der Waals surface area contributed by atoms with Crippen LogP contribution in [-0.2, 0) is 10.0 Å². The number of benzene rings is 3. The lowest BCUT2D eigenvalue weighted by Gasteiger charge is -2.14. The maximum Gasteiger partial charge on any atom is 0.262 e. The Balaban J connectivity index is 2.12. The zero-order valence-corrected chi connectivity index (χ0v) is 14.9. The number of carbonyl (C=O) groups is 1. The summed E-state index contributed by atoms with van der Waals surface area (Å²) in [6.07, 6.45) is 0. The third-order valence-electron chi connectivity index (χ3n) is 3.87. The molecular weight excluding hydrogens is 352 g/mol. The van der Waals surface area contributed by atoms with Gasteiger partial charge in [-0.3, -0.25) is 9.52 Å². The molecule has 3 aromatic rings. The number of anilines is 1. The zero-order valence-electron chi connectivity index (χ0n) is 14.1. The van der Waals surface area contributed by atoms with Gasteiger partial charge in [-0.1, -0.05) is 36.4 Å². The minimum Gasteiger partial charge on any atom is -0.493 e. The highest BCUT2D eigenvalue weighted by Crippen LogP contribution is 2.32. The van der Waals surface area contributed by atoms with E-state index in [0.717, 1.165) is 0 Å². The molecule has 0 spiro atoms. The van der Waals surface area contributed by atoms with Crippen molar-refractivity contribution in [2.75, 3.05) is 11.3 Å². The van der Waals surface area contributed by atoms with E-state index in [1.807, 2.05) is 13.0 Å². The van der Waals surface area contributed by atoms with Crippen molar-refractivity contribution in [1.82, 2.24) is 0 Å². The molecule has 0 radical (unpaired) electrons. The maximum absolute atomic E-state index is 13.0. The zero-order chi connectivity index (χ0) is 18.7. The third-order valence-corrected chi connectivity index (χ3v) is 5.29. The summed E-state index contributed by atoms with van der Waals surface area (Å²) in [5.74, 6) is -0.0977. The first-order chi connectivity index (χ1) is 12.4. The summed E-state index contributed by atoms with van der Waals surface area (Å²) in [5, 5.41) is 1.22. The van der Waals surface area contributed by atoms with Crippen LogP contribution in [0.5, 0.6) is 5.75 Å². The molecule has 1 amide bonds. The van der Waals surface area contributed by atoms with Gasteiger partial charge in [-0.25, -0.2) is 8.42 Å². The summed E-state index contributed by atoms with van der Waals surface area (Å²) in [7, 11) is -3.94. The van der Waals surface area contributed by atoms with Gasteiger partial charge in [-0.15, -0.1) is 0 Å². The molecule has 7 heteroatoms. The van der Waals surface area contributed by atoms with Crippen molar-refractivity contribution in [3.63, 3.8) is 0 Å². The van der Waals surface area contributed by atoms with Crippen molar-refractivity contribution < 1.29 is 17.9 Å². The lowest BCUT2D eigenvalue weighted by atomic mass is 10.1. The fourth-order valence-corrected chi connectivity index (χ4v) is 4.04. The number of para-hydroxylation sites is 1. The van der Waals surface area contributed by atoms with E-state index in [0.29, 0.717) is 23.1 Å². The number of fused-ring (bicyclic) bond motifs is 1. The van der Waals surface area contributed by atoms with Crippen LogP contribution in [-0.4, -0.2) is 20.9 Å². The molecule has 0 fully saturated rings. The quantitative estimate of drug-likeness (QED) is 0.696. The van der Waals surface area contributed by atoms with Crippen molar-refractivity contribution in [3.8, 4) is 5.75 Å². The Bertz CT molecular complexity index is 1080. The van der Waals surface area contributed by atoms with Crippen LogP contribution in [0, 0.1) is 0 Å². The summed E-state index contributed by atoms with van der Waals surface area (Å²) in [6, 6.07) is 16.4. The van der Waals surface area contributed by atoms with E-state index in [2.05, 4.69) is 4.72 Å². The number of hydrogen-bond acceptors (Lipinski definition) is 4. The Kier molecular flexibility index (Phi) is 4.81. The third kappa shape index (κ3) is 3.34. The minimum absolute atomic E-state index is 0.0934. The van der Waals surface area contributed by atoms with Gasteiger partial charge in [0.15, 0.2) is 0 Å². The predicted octanol–water partition coefficient (Wildman–Crippen LogP) is 3.14. The molecule has 3 rings (SSSR count). The van der Waals surface area contributed by atoms with E-state index in [1.54, 1.807) is 36.4 Å². The van der Waals surface area contributed by atoms with Gasteiger partial charge < -0.3 is 10.5 Å². The maximum atomic E-state index is 13.0. The molecule has 0 aliphatic carbocycles. The van der Waals surface area contributed by atoms with Gasteiger partial charge in [0.1, 0.15) is 5.75 Å². The van der Waals surface area contributed by atoms with Gasteiger partial charge >= 0.3 is 0 Å². The number of carbonyl (C=O) groups excluding carboxylic acids is 1. The van der Waals surface area contributed by atoms with Crippen LogP contribution in [0.15, 0.2) is 65.6 Å². The molecule has 3 N–H and O–H groups in total. The molecule has 3 aromatic carbocycles. The first-order valence-electron chi connectivity index (χ1n) is 8.00. The average Bonchev–Trinajstić information content (AvgIpc) is 2.62. The number of primary amides is 1. The van der Waals surface area contributed by atoms with Gasteiger partial charge in [-0.05, 0) is 31.2 Å². The molecule has 0 aromatic heterocycles. The molecule has 0 aliphatic heterocycles. The average molecular weight is 370 g/mol. The minimum atomic E-state index is -3.94. The molecule has 134 valence electrons. The highest BCUT2D eigenvalue weighted by molar-refractivity contribution is 7.93. The van der Waals surface area contributed by atoms with Gasteiger partial charge in [0, 0.05) is 10.8 Å². The molecule has 0 bridgehead atoms. The Morgan fingerprint density at radius 3 is 2.35 bits per heavy atom. The van der Waals surface area contributed by atoms with Gasteiger partial charge in [0.05, 0.1) is 22.8 Å². The topological polar surface area (TPSA) is 98.5 Å². The highest BCUT2D eigenvalue weighted by Gasteiger charge is 2.21. The fraction of sp³-hybridized carbons (Fsp3) is 0.105. The predicted molar refractivity (Wildman–Crippen MR) is 101 cm³/mol. The second-order valence-corrected chi connectivity index (χ2v) is 7.21. The van der Waals surface area contributed by atoms with E-state index < -0.39 is 15.9 Å². The van der Waals surface area contributed by atoms with Crippen LogP contribution >= 0.6 is 0 Å². The van der Waals surface area contributed by atoms with E-state index in [9.17, 15) is 13.2 Å². The van der Waals surface area contributed by atoms with Crippen LogP contribution in [0.3, 0.4) is 0 Å². The van der Waals surface area contributed by atoms with Gasteiger partial charge in [-0.2, -0.15) is 0 Å². The summed E-state index contributed by atoms with van der Waals surface area (Å²) >= 11 is 0. The number of nitrogens with two attached hydrogens (primary N) is 1. The second kappa shape index (κ2) is 7.05. The first-order valence-corrected chi connectivity index (χ1v) is 9.48. The van der Waals surface area contributed by atoms with Crippen molar-refractivity contribution in [1.29, 1.82) is 0 Å². The fourth-order valence-electron chi connectivity index (χ4n) is 2.75. The lowest BCUT2D eigenvalue weighted by Crippen LogP contribution is -2.18. The largest absolute Gasteiger partial charge is 0.493 e. The van der Waals surface area contributed by atoms with Crippen molar-refractivity contribution in [2.45, 2.75) is 11.8 Å². The van der Waals surface area contributed by atoms with Crippen LogP contribution in [0.4, 0.5) is 5.69 Å². The Morgan fingerprint density at radius 2 is 1.65 bits per heavy atom. The molecule has 0 heterocycles. The van der Waals surface area contributed by atoms with Gasteiger partial charge in [0.25, 0.3) is 15.9 Å². The summed E-state index contributed by atoms with van der Waals surface area (Å²) in [6.45, 7) is 2.34. The molecule has 0 saturated carbocycles. The monoisotopic (exact) mass is 370 g/mol. The van der Waals surface area contributed by atoms with Crippen molar-refractivity contribution in [3.05, 3.63) is 66.2 Å². The molecule has 0 unspecified atom stereocenters. The van der Waals surface area contributed by atoms with Crippen molar-refractivity contribution >= 4 is 32.4 Å². The Labute approximate surface area is 151 Å². The second-order valence-electron chi connectivity index (χ2n) is 5.56. The van der Waals surface area contributed by atoms with Gasteiger partial charge in [0.2, 0.25) is 0 Å². The summed E-state index contributed by atoms with van der Waals surface area (Å²) in [4.78, 5) is 11.6. The number of hydrogen-bond donors (Lipinski definition) is 2. The Hall–Kier alpha value is -3.06. The van der Waals surface area contributed by atoms with Crippen LogP contribution in [0.25, 0.3) is 10.8 Å². The molecule has 6 nitrogen and oxygen atoms in total. The molecule has 0 aliphatic rings. The normalized spacial score (nSPS) is 11.3. The SMILES string of the molecule is CCOc1ccc(S(=O)(=O)Nc2ccccc2C(N)=O)c2ccccc12. The van der Waals surface area contributed by atoms with Crippen LogP contribution in [0.2, 0.25) is 0 Å². The van der Waals surface area contributed by atoms with Crippen molar-refractivity contribution in [2.24, 2.45) is 5.73 Å². The Morgan fingerprint density at radius 1 is 1.00 bits per heavy atom. The standard InChI is InChI=1S/C19H18N2O4S/c1-2-25-17-11-12-18(14-8-4-3-7-13(14)17)26(23,24)21-16-10-6-5-9-15(16)19(20)22/h3-12,21H,2H2,1H3,(H2,20,22). The number of rotatable bonds is 6. The molecule has 0 atom stereocenters.